The molecule has 0 aromatic carbocycles. The summed E-state index contributed by atoms with van der Waals surface area (Å²) in [6.07, 6.45) is 4.28. The van der Waals surface area contributed by atoms with Crippen LogP contribution in [-0.4, -0.2) is 19.7 Å². The fourth-order valence-corrected chi connectivity index (χ4v) is 1.10. The molecule has 0 aliphatic rings. The maximum absolute atomic E-state index is 8.88. The van der Waals surface area contributed by atoms with Crippen LogP contribution < -0.4 is 0 Å². The van der Waals surface area contributed by atoms with E-state index in [1.54, 1.807) is 0 Å². The molecule has 0 atom stereocenters. The third kappa shape index (κ3) is 6.86. The molecule has 0 saturated carbocycles. The Kier molecular flexibility index (Phi) is 5.72. The van der Waals surface area contributed by atoms with Gasteiger partial charge in [-0.15, -0.1) is 0 Å². The number of nitrogens with one attached hydrogen (secondary N) is 1. The summed E-state index contributed by atoms with van der Waals surface area (Å²) in [6.45, 7) is 4.35. The predicted octanol–water partition coefficient (Wildman–Crippen LogP) is 1.21. The topological polar surface area (TPSA) is 93.6 Å². The van der Waals surface area contributed by atoms with Gasteiger partial charge in [0.25, 0.3) is 0 Å². The second-order valence-electron chi connectivity index (χ2n) is 2.70. The first kappa shape index (κ1) is 13.4. The first-order valence-electron chi connectivity index (χ1n) is 4.31. The van der Waals surface area contributed by atoms with Gasteiger partial charge in [0.1, 0.15) is 0 Å². The van der Waals surface area contributed by atoms with E-state index < -0.39 is 7.82 Å². The number of hydrogen-bond acceptors (Lipinski definition) is 1. The third-order valence-corrected chi connectivity index (χ3v) is 1.66. The van der Waals surface area contributed by atoms with E-state index in [4.69, 9.17) is 19.2 Å². The van der Waals surface area contributed by atoms with Crippen LogP contribution in [0.25, 0.3) is 0 Å². The van der Waals surface area contributed by atoms with Crippen molar-refractivity contribution in [1.82, 2.24) is 4.98 Å². The summed E-state index contributed by atoms with van der Waals surface area (Å²) in [5.74, 6) is 0. The SMILES string of the molecule is CCc1cc[nH]c1CC.O=P(O)(O)O. The highest BCUT2D eigenvalue weighted by molar-refractivity contribution is 7.45. The smallest absolute Gasteiger partial charge is 0.365 e. The highest BCUT2D eigenvalue weighted by Crippen LogP contribution is 2.25. The zero-order valence-electron chi connectivity index (χ0n) is 8.27. The van der Waals surface area contributed by atoms with Gasteiger partial charge in [0.15, 0.2) is 0 Å². The van der Waals surface area contributed by atoms with Crippen molar-refractivity contribution in [1.29, 1.82) is 0 Å². The Hall–Kier alpha value is -0.610. The molecule has 0 bridgehead atoms. The van der Waals surface area contributed by atoms with Crippen molar-refractivity contribution < 1.29 is 19.2 Å². The van der Waals surface area contributed by atoms with Crippen molar-refractivity contribution in [2.45, 2.75) is 26.7 Å². The minimum atomic E-state index is -4.64. The van der Waals surface area contributed by atoms with Crippen LogP contribution >= 0.6 is 7.82 Å². The Balaban J connectivity index is 0.000000292. The maximum atomic E-state index is 8.88. The van der Waals surface area contributed by atoms with E-state index in [-0.39, 0.29) is 0 Å². The van der Waals surface area contributed by atoms with Gasteiger partial charge in [0.05, 0.1) is 0 Å². The van der Waals surface area contributed by atoms with Crippen LogP contribution in [0.2, 0.25) is 0 Å². The first-order chi connectivity index (χ1) is 6.38. The molecule has 0 saturated heterocycles. The number of H-pyrrole nitrogens is 1. The molecule has 0 radical (unpaired) electrons. The van der Waals surface area contributed by atoms with Gasteiger partial charge in [-0.3, -0.25) is 0 Å². The molecule has 0 aliphatic heterocycles. The number of aromatic amines is 1. The summed E-state index contributed by atoms with van der Waals surface area (Å²) in [7, 11) is -4.64. The lowest BCUT2D eigenvalue weighted by Gasteiger charge is -1.94. The first-order valence-corrected chi connectivity index (χ1v) is 5.88. The van der Waals surface area contributed by atoms with E-state index in [1.165, 1.54) is 11.3 Å². The zero-order chi connectivity index (χ0) is 11.2. The van der Waals surface area contributed by atoms with E-state index in [0.29, 0.717) is 0 Å². The predicted molar refractivity (Wildman–Crippen MR) is 53.8 cm³/mol. The molecule has 1 aromatic rings. The number of phosphoric acid groups is 1. The van der Waals surface area contributed by atoms with E-state index in [1.807, 2.05) is 6.20 Å². The Morgan fingerprint density at radius 3 is 2.07 bits per heavy atom. The van der Waals surface area contributed by atoms with Gasteiger partial charge in [-0.25, -0.2) is 4.57 Å². The summed E-state index contributed by atoms with van der Waals surface area (Å²) in [5, 5.41) is 0. The largest absolute Gasteiger partial charge is 0.466 e. The van der Waals surface area contributed by atoms with Gasteiger partial charge in [-0.05, 0) is 24.5 Å². The van der Waals surface area contributed by atoms with Crippen molar-refractivity contribution in [2.24, 2.45) is 0 Å². The van der Waals surface area contributed by atoms with Gasteiger partial charge in [-0.1, -0.05) is 13.8 Å². The molecule has 14 heavy (non-hydrogen) atoms. The summed E-state index contributed by atoms with van der Waals surface area (Å²) in [5.41, 5.74) is 2.84. The molecule has 0 fully saturated rings. The second kappa shape index (κ2) is 5.98. The van der Waals surface area contributed by atoms with Crippen molar-refractivity contribution in [2.75, 3.05) is 0 Å². The number of aryl methyl sites for hydroxylation is 2. The molecule has 1 rings (SSSR count). The summed E-state index contributed by atoms with van der Waals surface area (Å²) in [6, 6.07) is 2.15. The van der Waals surface area contributed by atoms with Crippen molar-refractivity contribution in [3.05, 3.63) is 23.5 Å². The minimum absolute atomic E-state index is 1.12. The number of hydrogen-bond donors (Lipinski definition) is 4. The molecular formula is C8H16NO4P. The van der Waals surface area contributed by atoms with Crippen molar-refractivity contribution in [3.8, 4) is 0 Å². The summed E-state index contributed by atoms with van der Waals surface area (Å²) < 4.78 is 8.88. The zero-order valence-corrected chi connectivity index (χ0v) is 9.16. The quantitative estimate of drug-likeness (QED) is 0.564. The van der Waals surface area contributed by atoms with Crippen LogP contribution in [0.1, 0.15) is 25.1 Å². The van der Waals surface area contributed by atoms with E-state index >= 15 is 0 Å². The molecule has 1 heterocycles. The fourth-order valence-electron chi connectivity index (χ4n) is 1.10. The van der Waals surface area contributed by atoms with Gasteiger partial charge in [-0.2, -0.15) is 0 Å². The van der Waals surface area contributed by atoms with Crippen LogP contribution in [0.5, 0.6) is 0 Å². The molecule has 6 heteroatoms. The molecule has 4 N–H and O–H groups in total. The van der Waals surface area contributed by atoms with Crippen molar-refractivity contribution >= 4 is 7.82 Å². The molecule has 5 nitrogen and oxygen atoms in total. The molecule has 0 amide bonds. The average molecular weight is 221 g/mol. The Bertz CT molecular complexity index is 277. The Morgan fingerprint density at radius 2 is 1.79 bits per heavy atom. The van der Waals surface area contributed by atoms with Gasteiger partial charge < -0.3 is 19.7 Å². The monoisotopic (exact) mass is 221 g/mol. The van der Waals surface area contributed by atoms with E-state index in [0.717, 1.165) is 12.8 Å². The lowest BCUT2D eigenvalue weighted by atomic mass is 10.2. The van der Waals surface area contributed by atoms with Crippen molar-refractivity contribution in [3.63, 3.8) is 0 Å². The molecule has 0 unspecified atom stereocenters. The second-order valence-corrected chi connectivity index (χ2v) is 3.73. The average Bonchev–Trinajstić information content (AvgIpc) is 2.47. The van der Waals surface area contributed by atoms with Crippen LogP contribution in [-0.2, 0) is 17.4 Å². The maximum Gasteiger partial charge on any atom is 0.466 e. The highest BCUT2D eigenvalue weighted by Gasteiger charge is 2.00. The molecular weight excluding hydrogens is 205 g/mol. The summed E-state index contributed by atoms with van der Waals surface area (Å²) >= 11 is 0. The van der Waals surface area contributed by atoms with E-state index in [9.17, 15) is 0 Å². The van der Waals surface area contributed by atoms with Crippen LogP contribution in [0.3, 0.4) is 0 Å². The van der Waals surface area contributed by atoms with Crippen LogP contribution in [0.4, 0.5) is 0 Å². The van der Waals surface area contributed by atoms with Gasteiger partial charge in [0.2, 0.25) is 0 Å². The fraction of sp³-hybridized carbons (Fsp3) is 0.500. The van der Waals surface area contributed by atoms with E-state index in [2.05, 4.69) is 24.9 Å². The van der Waals surface area contributed by atoms with Crippen LogP contribution in [0, 0.1) is 0 Å². The number of rotatable bonds is 2. The number of aromatic nitrogens is 1. The highest BCUT2D eigenvalue weighted by atomic mass is 31.2. The Morgan fingerprint density at radius 1 is 1.29 bits per heavy atom. The standard InChI is InChI=1S/C8H13N.H3O4P/c1-3-7-5-6-9-8(7)4-2;1-5(2,3)4/h5-6,9H,3-4H2,1-2H3;(H3,1,2,3,4). The normalized spacial score (nSPS) is 10.6. The summed E-state index contributed by atoms with van der Waals surface area (Å²) in [4.78, 5) is 24.8. The molecule has 0 aliphatic carbocycles. The molecule has 82 valence electrons. The lowest BCUT2D eigenvalue weighted by molar-refractivity contribution is 0.275. The third-order valence-electron chi connectivity index (χ3n) is 1.66. The van der Waals surface area contributed by atoms with Crippen LogP contribution in [0.15, 0.2) is 12.3 Å². The van der Waals surface area contributed by atoms with Gasteiger partial charge >= 0.3 is 7.82 Å². The molecule has 0 spiro atoms. The Labute approximate surface area is 83.0 Å². The van der Waals surface area contributed by atoms with Gasteiger partial charge in [0, 0.05) is 11.9 Å². The lowest BCUT2D eigenvalue weighted by Crippen LogP contribution is -1.85. The molecule has 1 aromatic heterocycles. The minimum Gasteiger partial charge on any atom is -0.365 e.